The van der Waals surface area contributed by atoms with Crippen LogP contribution in [0.5, 0.6) is 0 Å². The summed E-state index contributed by atoms with van der Waals surface area (Å²) in [6.45, 7) is 0.646. The van der Waals surface area contributed by atoms with Gasteiger partial charge in [-0.15, -0.1) is 0 Å². The summed E-state index contributed by atoms with van der Waals surface area (Å²) in [5.41, 5.74) is -1.67. The summed E-state index contributed by atoms with van der Waals surface area (Å²) >= 11 is 1.87. The van der Waals surface area contributed by atoms with Crippen LogP contribution in [-0.2, 0) is 62.0 Å². The van der Waals surface area contributed by atoms with E-state index in [-0.39, 0.29) is 81.6 Å². The molecule has 0 saturated carbocycles. The van der Waals surface area contributed by atoms with Crippen molar-refractivity contribution >= 4 is 53.1 Å². The maximum Gasteiger partial charge on any atom is 0.490 e. The number of phosphoric acid groups is 3. The molecule has 0 bridgehead atoms. The molecule has 8 atom stereocenters. The Morgan fingerprint density at radius 2 is 1.50 bits per heavy atom. The van der Waals surface area contributed by atoms with E-state index >= 15 is 0 Å². The molecule has 10 N–H and O–H groups in total. The Kier molecular flexibility index (Phi) is 21.2. The van der Waals surface area contributed by atoms with Crippen LogP contribution in [0.1, 0.15) is 69.6 Å². The molecular formula is C32H55N6O20P3S. The lowest BCUT2D eigenvalue weighted by Crippen LogP contribution is -2.36. The number of urea groups is 1. The number of H-pyrrole nitrogens is 1. The van der Waals surface area contributed by atoms with Gasteiger partial charge in [0, 0.05) is 49.6 Å². The summed E-state index contributed by atoms with van der Waals surface area (Å²) in [6.07, 6.45) is 2.65. The number of thioether (sulfide) groups is 1. The molecule has 4 rings (SSSR count). The third-order valence-electron chi connectivity index (χ3n) is 9.43. The number of ether oxygens (including phenoxy) is 4. The van der Waals surface area contributed by atoms with E-state index < -0.39 is 59.8 Å². The van der Waals surface area contributed by atoms with Gasteiger partial charge in [0.2, 0.25) is 11.8 Å². The van der Waals surface area contributed by atoms with Gasteiger partial charge in [-0.3, -0.25) is 28.5 Å². The van der Waals surface area contributed by atoms with E-state index in [4.69, 9.17) is 28.7 Å². The summed E-state index contributed by atoms with van der Waals surface area (Å²) in [4.78, 5) is 98.8. The fourth-order valence-corrected chi connectivity index (χ4v) is 11.1. The maximum atomic E-state index is 12.5. The summed E-state index contributed by atoms with van der Waals surface area (Å²) < 4.78 is 68.8. The Hall–Kier alpha value is -2.55. The van der Waals surface area contributed by atoms with E-state index in [1.807, 2.05) is 11.8 Å². The average Bonchev–Trinajstić information content (AvgIpc) is 3.85. The molecule has 1 aromatic rings. The zero-order valence-electron chi connectivity index (χ0n) is 33.5. The van der Waals surface area contributed by atoms with Gasteiger partial charge in [-0.2, -0.15) is 20.4 Å². The van der Waals surface area contributed by atoms with Crippen LogP contribution < -0.4 is 32.5 Å². The average molecular weight is 969 g/mol. The number of carbonyl (C=O) groups excluding carboxylic acids is 3. The number of hydrogen-bond acceptors (Lipinski definition) is 17. The van der Waals surface area contributed by atoms with Crippen molar-refractivity contribution in [1.29, 1.82) is 0 Å². The molecule has 1 aromatic heterocycles. The smallest absolute Gasteiger partial charge is 0.390 e. The van der Waals surface area contributed by atoms with Gasteiger partial charge < -0.3 is 64.9 Å². The molecule has 3 fully saturated rings. The fourth-order valence-electron chi connectivity index (χ4n) is 6.50. The van der Waals surface area contributed by atoms with Crippen LogP contribution in [0.3, 0.4) is 0 Å². The SMILES string of the molecule is O=C(CCCC[C@@H]1SC[C@@H]2NC(=O)N[C@@H]21)NCCCCCC(=O)NCCOCCOCCOCc1cn([C@H]2C[C@H](O)[C@@H](COP(=O)(O)OP(=O)(O)OP(=O)(O)O)O2)c(=O)[nH]c1=O. The number of nitrogens with zero attached hydrogens (tertiary/aromatic N) is 1. The molecular weight excluding hydrogens is 913 g/mol. The van der Waals surface area contributed by atoms with Crippen LogP contribution in [-0.4, -0.2) is 140 Å². The first kappa shape index (κ1) is 52.1. The molecule has 62 heavy (non-hydrogen) atoms. The number of hydrogen-bond donors (Lipinski definition) is 10. The standard InChI is InChI=1S/C32H55N6O20P3S/c39-23-16-28(56-24(23)19-55-60(48,49)58-61(50,51)57-59(45,46)47)38-17-21(30(42)37-32(38)44)18-54-15-14-53-13-12-52-11-10-34-27(41)7-2-1-5-9-33-26(40)8-4-3-6-25-29-22(20-62-25)35-31(43)36-29/h17,22-25,28-29,39H,1-16,18-20H2,(H,33,40)(H,34,41)(H,48,49)(H,50,51)(H2,35,36,43)(H,37,42,44)(H2,45,46,47)/t22-,23-,24+,25-,28+,29-/m0/s1. The molecule has 354 valence electrons. The van der Waals surface area contributed by atoms with Crippen molar-refractivity contribution in [3.63, 3.8) is 0 Å². The van der Waals surface area contributed by atoms with Crippen molar-refractivity contribution < 1.29 is 84.9 Å². The summed E-state index contributed by atoms with van der Waals surface area (Å²) in [7, 11) is -16.9. The van der Waals surface area contributed by atoms with Gasteiger partial charge in [-0.05, 0) is 25.7 Å². The predicted octanol–water partition coefficient (Wildman–Crippen LogP) is -0.403. The first-order valence-electron chi connectivity index (χ1n) is 19.7. The fraction of sp³-hybridized carbons (Fsp3) is 0.781. The number of aliphatic hydroxyl groups excluding tert-OH is 1. The second-order valence-electron chi connectivity index (χ2n) is 14.3. The molecule has 3 saturated heterocycles. The van der Waals surface area contributed by atoms with Gasteiger partial charge in [-0.1, -0.05) is 12.8 Å². The highest BCUT2D eigenvalue weighted by atomic mass is 32.2. The summed E-state index contributed by atoms with van der Waals surface area (Å²) in [6, 6.07) is 0.291. The summed E-state index contributed by atoms with van der Waals surface area (Å²) in [5, 5.41) is 22.4. The number of aromatic amines is 1. The van der Waals surface area contributed by atoms with Crippen LogP contribution in [0.25, 0.3) is 0 Å². The maximum absolute atomic E-state index is 12.5. The van der Waals surface area contributed by atoms with Crippen LogP contribution in [0, 0.1) is 0 Å². The zero-order chi connectivity index (χ0) is 45.3. The number of carbonyl (C=O) groups is 3. The second-order valence-corrected chi connectivity index (χ2v) is 20.0. The molecule has 4 heterocycles. The third-order valence-corrected chi connectivity index (χ3v) is 14.7. The van der Waals surface area contributed by atoms with Crippen molar-refractivity contribution in [2.24, 2.45) is 0 Å². The topological polar surface area (TPSA) is 371 Å². The molecule has 3 aliphatic rings. The van der Waals surface area contributed by atoms with Crippen molar-refractivity contribution in [3.8, 4) is 0 Å². The number of aromatic nitrogens is 2. The highest BCUT2D eigenvalue weighted by Crippen LogP contribution is 2.66. The van der Waals surface area contributed by atoms with Gasteiger partial charge in [0.15, 0.2) is 0 Å². The van der Waals surface area contributed by atoms with Gasteiger partial charge >= 0.3 is 35.2 Å². The molecule has 0 radical (unpaired) electrons. The highest BCUT2D eigenvalue weighted by Gasteiger charge is 2.44. The quantitative estimate of drug-likeness (QED) is 0.0266. The highest BCUT2D eigenvalue weighted by molar-refractivity contribution is 8.00. The van der Waals surface area contributed by atoms with Gasteiger partial charge in [0.25, 0.3) is 5.56 Å². The predicted molar refractivity (Wildman–Crippen MR) is 215 cm³/mol. The minimum Gasteiger partial charge on any atom is -0.390 e. The minimum atomic E-state index is -5.76. The zero-order valence-corrected chi connectivity index (χ0v) is 37.0. The minimum absolute atomic E-state index is 0.00405. The Labute approximate surface area is 359 Å². The third kappa shape index (κ3) is 18.9. The number of fused-ring (bicyclic) bond motifs is 1. The van der Waals surface area contributed by atoms with Gasteiger partial charge in [-0.25, -0.2) is 23.3 Å². The van der Waals surface area contributed by atoms with E-state index in [1.165, 1.54) is 0 Å². The van der Waals surface area contributed by atoms with Gasteiger partial charge in [0.05, 0.1) is 70.0 Å². The second kappa shape index (κ2) is 25.2. The summed E-state index contributed by atoms with van der Waals surface area (Å²) in [5.74, 6) is 0.854. The number of nitrogens with one attached hydrogen (secondary N) is 5. The van der Waals surface area contributed by atoms with E-state index in [0.29, 0.717) is 37.6 Å². The van der Waals surface area contributed by atoms with E-state index in [2.05, 4.69) is 39.4 Å². The van der Waals surface area contributed by atoms with E-state index in [0.717, 1.165) is 48.6 Å². The Morgan fingerprint density at radius 1 is 0.839 bits per heavy atom. The molecule has 0 aromatic carbocycles. The van der Waals surface area contributed by atoms with Crippen LogP contribution in [0.15, 0.2) is 15.8 Å². The van der Waals surface area contributed by atoms with Crippen LogP contribution in [0.4, 0.5) is 4.79 Å². The molecule has 26 nitrogen and oxygen atoms in total. The molecule has 2 unspecified atom stereocenters. The van der Waals surface area contributed by atoms with E-state index in [9.17, 15) is 52.6 Å². The van der Waals surface area contributed by atoms with Crippen molar-refractivity contribution in [3.05, 3.63) is 32.6 Å². The molecule has 4 amide bonds. The molecule has 0 spiro atoms. The Bertz CT molecular complexity index is 1900. The molecule has 30 heteroatoms. The van der Waals surface area contributed by atoms with Crippen molar-refractivity contribution in [1.82, 2.24) is 30.8 Å². The Balaban J connectivity index is 0.967. The molecule has 3 aliphatic heterocycles. The Morgan fingerprint density at radius 3 is 2.21 bits per heavy atom. The van der Waals surface area contributed by atoms with Crippen LogP contribution in [0.2, 0.25) is 0 Å². The van der Waals surface area contributed by atoms with Crippen molar-refractivity contribution in [2.45, 2.75) is 100 Å². The van der Waals surface area contributed by atoms with Gasteiger partial charge in [0.1, 0.15) is 12.3 Å². The lowest BCUT2D eigenvalue weighted by atomic mass is 10.0. The lowest BCUT2D eigenvalue weighted by Gasteiger charge is -2.19. The first-order chi connectivity index (χ1) is 29.3. The number of phosphoric ester groups is 1. The van der Waals surface area contributed by atoms with Crippen molar-refractivity contribution in [2.75, 3.05) is 58.5 Å². The first-order valence-corrected chi connectivity index (χ1v) is 25.3. The van der Waals surface area contributed by atoms with E-state index in [1.54, 1.807) is 0 Å². The molecule has 0 aliphatic carbocycles. The number of amides is 4. The lowest BCUT2D eigenvalue weighted by molar-refractivity contribution is -0.122. The van der Waals surface area contributed by atoms with Crippen LogP contribution >= 0.6 is 35.2 Å². The number of rotatable bonds is 30. The number of unbranched alkanes of at least 4 members (excludes halogenated alkanes) is 3. The monoisotopic (exact) mass is 968 g/mol. The number of aliphatic hydroxyl groups is 1. The normalized spacial score (nSPS) is 24.2. The largest absolute Gasteiger partial charge is 0.490 e.